The number of nitrogens with one attached hydrogen (secondary N) is 1. The van der Waals surface area contributed by atoms with E-state index in [4.69, 9.17) is 9.47 Å². The van der Waals surface area contributed by atoms with E-state index in [1.807, 2.05) is 56.3 Å². The first-order valence-electron chi connectivity index (χ1n) is 9.93. The zero-order valence-corrected chi connectivity index (χ0v) is 18.6. The number of esters is 1. The third kappa shape index (κ3) is 3.25. The van der Waals surface area contributed by atoms with E-state index in [1.54, 1.807) is 6.92 Å². The Kier molecular flexibility index (Phi) is 5.52. The van der Waals surface area contributed by atoms with Crippen molar-refractivity contribution in [3.63, 3.8) is 0 Å². The molecule has 0 radical (unpaired) electrons. The number of benzene rings is 2. The van der Waals surface area contributed by atoms with E-state index in [2.05, 4.69) is 21.2 Å². The van der Waals surface area contributed by atoms with E-state index < -0.39 is 11.9 Å². The van der Waals surface area contributed by atoms with Crippen molar-refractivity contribution in [2.75, 3.05) is 13.2 Å². The van der Waals surface area contributed by atoms with Crippen molar-refractivity contribution in [1.29, 1.82) is 0 Å². The van der Waals surface area contributed by atoms with Crippen molar-refractivity contribution in [3.05, 3.63) is 80.5 Å². The van der Waals surface area contributed by atoms with Crippen LogP contribution in [0.4, 0.5) is 0 Å². The lowest BCUT2D eigenvalue weighted by molar-refractivity contribution is -0.138. The molecule has 30 heavy (non-hydrogen) atoms. The minimum Gasteiger partial charge on any atom is -0.494 e. The number of halogens is 1. The van der Waals surface area contributed by atoms with Crippen LogP contribution in [-0.2, 0) is 9.53 Å². The zero-order valence-electron chi connectivity index (χ0n) is 17.0. The molecule has 1 aliphatic carbocycles. The Labute approximate surface area is 183 Å². The lowest BCUT2D eigenvalue weighted by Crippen LogP contribution is -2.29. The Morgan fingerprint density at radius 2 is 1.83 bits per heavy atom. The van der Waals surface area contributed by atoms with Crippen molar-refractivity contribution < 1.29 is 19.1 Å². The summed E-state index contributed by atoms with van der Waals surface area (Å²) in [6, 6.07) is 13.1. The first-order valence-corrected chi connectivity index (χ1v) is 10.7. The molecule has 1 N–H and O–H groups in total. The minimum absolute atomic E-state index is 0.0881. The van der Waals surface area contributed by atoms with Crippen LogP contribution < -0.4 is 10.1 Å². The molecule has 0 spiro atoms. The third-order valence-electron chi connectivity index (χ3n) is 5.33. The highest BCUT2D eigenvalue weighted by molar-refractivity contribution is 9.10. The second-order valence-corrected chi connectivity index (χ2v) is 8.01. The summed E-state index contributed by atoms with van der Waals surface area (Å²) in [5.41, 5.74) is 4.62. The fourth-order valence-corrected chi connectivity index (χ4v) is 4.53. The third-order valence-corrected chi connectivity index (χ3v) is 5.82. The van der Waals surface area contributed by atoms with Crippen LogP contribution in [0.5, 0.6) is 5.75 Å². The van der Waals surface area contributed by atoms with Gasteiger partial charge in [-0.3, -0.25) is 4.79 Å². The average molecular weight is 468 g/mol. The molecular formula is C24H22BrNO4. The van der Waals surface area contributed by atoms with Gasteiger partial charge in [0, 0.05) is 32.4 Å². The number of allylic oxidation sites excluding steroid dienone is 2. The van der Waals surface area contributed by atoms with Gasteiger partial charge in [-0.05, 0) is 39.0 Å². The Bertz CT molecular complexity index is 1120. The minimum atomic E-state index is -0.598. The SMILES string of the molecule is CCOC(=O)C1=C(C)NC2=C(C(=O)c3ccccc32)[C@H]1c1cc(Br)ccc1OCC. The summed E-state index contributed by atoms with van der Waals surface area (Å²) in [6.45, 7) is 6.23. The highest BCUT2D eigenvalue weighted by atomic mass is 79.9. The van der Waals surface area contributed by atoms with Crippen molar-refractivity contribution in [2.24, 2.45) is 0 Å². The van der Waals surface area contributed by atoms with E-state index in [0.29, 0.717) is 34.8 Å². The van der Waals surface area contributed by atoms with Crippen molar-refractivity contribution in [2.45, 2.75) is 26.7 Å². The van der Waals surface area contributed by atoms with Crippen LogP contribution >= 0.6 is 15.9 Å². The van der Waals surface area contributed by atoms with Crippen molar-refractivity contribution in [3.8, 4) is 5.75 Å². The number of dihydropyridines is 1. The lowest BCUT2D eigenvalue weighted by Gasteiger charge is -2.30. The summed E-state index contributed by atoms with van der Waals surface area (Å²) in [7, 11) is 0. The summed E-state index contributed by atoms with van der Waals surface area (Å²) < 4.78 is 12.1. The van der Waals surface area contributed by atoms with Gasteiger partial charge in [0.05, 0.1) is 30.4 Å². The number of fused-ring (bicyclic) bond motifs is 2. The van der Waals surface area contributed by atoms with Gasteiger partial charge in [-0.2, -0.15) is 0 Å². The molecule has 2 aliphatic rings. The first-order chi connectivity index (χ1) is 14.5. The second kappa shape index (κ2) is 8.11. The molecule has 1 atom stereocenters. The Morgan fingerprint density at radius 3 is 2.53 bits per heavy atom. The monoisotopic (exact) mass is 467 g/mol. The molecule has 2 aromatic carbocycles. The van der Waals surface area contributed by atoms with Crippen LogP contribution in [0.15, 0.2) is 63.8 Å². The molecule has 1 heterocycles. The molecule has 6 heteroatoms. The van der Waals surface area contributed by atoms with E-state index >= 15 is 0 Å². The number of carbonyl (C=O) groups is 2. The van der Waals surface area contributed by atoms with Crippen LogP contribution in [0.2, 0.25) is 0 Å². The van der Waals surface area contributed by atoms with Gasteiger partial charge in [-0.1, -0.05) is 40.2 Å². The van der Waals surface area contributed by atoms with Gasteiger partial charge in [0.1, 0.15) is 5.75 Å². The van der Waals surface area contributed by atoms with Gasteiger partial charge in [0.15, 0.2) is 5.78 Å². The highest BCUT2D eigenvalue weighted by Gasteiger charge is 2.43. The first kappa shape index (κ1) is 20.4. The summed E-state index contributed by atoms with van der Waals surface area (Å²) in [6.07, 6.45) is 0. The topological polar surface area (TPSA) is 64.6 Å². The maximum atomic E-state index is 13.5. The van der Waals surface area contributed by atoms with E-state index in [0.717, 1.165) is 21.3 Å². The van der Waals surface area contributed by atoms with Crippen LogP contribution in [0.25, 0.3) is 5.70 Å². The largest absolute Gasteiger partial charge is 0.494 e. The van der Waals surface area contributed by atoms with Crippen LogP contribution in [-0.4, -0.2) is 25.0 Å². The molecule has 0 fully saturated rings. The lowest BCUT2D eigenvalue weighted by atomic mass is 9.79. The molecule has 4 rings (SSSR count). The molecule has 0 saturated carbocycles. The van der Waals surface area contributed by atoms with Crippen LogP contribution in [0.1, 0.15) is 48.2 Å². The van der Waals surface area contributed by atoms with E-state index in [9.17, 15) is 9.59 Å². The van der Waals surface area contributed by atoms with Crippen molar-refractivity contribution >= 4 is 33.4 Å². The molecule has 154 valence electrons. The quantitative estimate of drug-likeness (QED) is 0.628. The van der Waals surface area contributed by atoms with Gasteiger partial charge < -0.3 is 14.8 Å². The highest BCUT2D eigenvalue weighted by Crippen LogP contribution is 2.49. The van der Waals surface area contributed by atoms with E-state index in [1.165, 1.54) is 0 Å². The van der Waals surface area contributed by atoms with Crippen LogP contribution in [0, 0.1) is 0 Å². The number of hydrogen-bond donors (Lipinski definition) is 1. The number of hydrogen-bond acceptors (Lipinski definition) is 5. The standard InChI is InChI=1S/C24H22BrNO4/c1-4-29-18-11-10-14(25)12-17(18)20-19(24(28)30-5-2)13(3)26-22-15-8-6-7-9-16(15)23(27)21(20)22/h6-12,20,26H,4-5H2,1-3H3/t20-/m0/s1. The van der Waals surface area contributed by atoms with Crippen LogP contribution in [0.3, 0.4) is 0 Å². The summed E-state index contributed by atoms with van der Waals surface area (Å²) in [5, 5.41) is 3.31. The van der Waals surface area contributed by atoms with Gasteiger partial charge in [-0.25, -0.2) is 4.79 Å². The Morgan fingerprint density at radius 1 is 1.10 bits per heavy atom. The van der Waals surface area contributed by atoms with Gasteiger partial charge in [0.2, 0.25) is 0 Å². The predicted molar refractivity (Wildman–Crippen MR) is 118 cm³/mol. The van der Waals surface area contributed by atoms with E-state index in [-0.39, 0.29) is 12.4 Å². The molecule has 0 unspecified atom stereocenters. The summed E-state index contributed by atoms with van der Waals surface area (Å²) in [5.74, 6) is -0.489. The number of carbonyl (C=O) groups excluding carboxylic acids is 2. The molecular weight excluding hydrogens is 446 g/mol. The number of ether oxygens (including phenoxy) is 2. The van der Waals surface area contributed by atoms with Gasteiger partial charge in [0.25, 0.3) is 0 Å². The summed E-state index contributed by atoms with van der Waals surface area (Å²) >= 11 is 3.53. The molecule has 1 aliphatic heterocycles. The number of Topliss-reactive ketones (excluding diaryl/α,β-unsaturated/α-hetero) is 1. The molecule has 0 bridgehead atoms. The molecule has 2 aromatic rings. The number of ketones is 1. The fraction of sp³-hybridized carbons (Fsp3) is 0.250. The zero-order chi connectivity index (χ0) is 21.4. The second-order valence-electron chi connectivity index (χ2n) is 7.10. The Hall–Kier alpha value is -2.86. The molecule has 5 nitrogen and oxygen atoms in total. The molecule has 0 amide bonds. The smallest absolute Gasteiger partial charge is 0.336 e. The normalized spacial score (nSPS) is 17.5. The van der Waals surface area contributed by atoms with Gasteiger partial charge >= 0.3 is 5.97 Å². The predicted octanol–water partition coefficient (Wildman–Crippen LogP) is 4.98. The van der Waals surface area contributed by atoms with Gasteiger partial charge in [-0.15, -0.1) is 0 Å². The molecule has 0 saturated heterocycles. The Balaban J connectivity index is 1.98. The molecule has 0 aromatic heterocycles. The maximum Gasteiger partial charge on any atom is 0.336 e. The fourth-order valence-electron chi connectivity index (χ4n) is 4.15. The average Bonchev–Trinajstić information content (AvgIpc) is 3.01. The summed E-state index contributed by atoms with van der Waals surface area (Å²) in [4.78, 5) is 26.5. The number of rotatable bonds is 5. The maximum absolute atomic E-state index is 13.5. The van der Waals surface area contributed by atoms with Crippen molar-refractivity contribution in [1.82, 2.24) is 5.32 Å².